The summed E-state index contributed by atoms with van der Waals surface area (Å²) in [7, 11) is 1.27. The highest BCUT2D eigenvalue weighted by Gasteiger charge is 2.22. The number of carbonyl (C=O) groups is 2. The summed E-state index contributed by atoms with van der Waals surface area (Å²) in [6.07, 6.45) is -0.265. The minimum atomic E-state index is -0.729. The van der Waals surface area contributed by atoms with Gasteiger partial charge in [-0.1, -0.05) is 30.3 Å². The molecule has 0 radical (unpaired) electrons. The minimum absolute atomic E-state index is 0.281. The minimum Gasteiger partial charge on any atom is -0.453 e. The maximum atomic E-state index is 12.7. The van der Waals surface area contributed by atoms with Gasteiger partial charge in [0.15, 0.2) is 0 Å². The van der Waals surface area contributed by atoms with Gasteiger partial charge in [0.2, 0.25) is 5.91 Å². The van der Waals surface area contributed by atoms with Crippen LogP contribution in [0.15, 0.2) is 47.2 Å². The van der Waals surface area contributed by atoms with Crippen molar-refractivity contribution in [1.29, 1.82) is 0 Å². The maximum Gasteiger partial charge on any atom is 0.407 e. The van der Waals surface area contributed by atoms with Crippen molar-refractivity contribution in [2.75, 3.05) is 7.11 Å². The molecular weight excluding hydrogens is 394 g/mol. The SMILES string of the molecule is COC(=O)N[C@@H](Cc1ccccc1)C(=O)NCc1csc(-c2sccc2C)n1. The van der Waals surface area contributed by atoms with Crippen molar-refractivity contribution in [3.8, 4) is 9.88 Å². The molecule has 0 fully saturated rings. The van der Waals surface area contributed by atoms with Crippen LogP contribution in [0.25, 0.3) is 9.88 Å². The largest absolute Gasteiger partial charge is 0.453 e. The first-order chi connectivity index (χ1) is 13.6. The van der Waals surface area contributed by atoms with Gasteiger partial charge in [-0.15, -0.1) is 22.7 Å². The van der Waals surface area contributed by atoms with Crippen molar-refractivity contribution in [3.05, 3.63) is 64.0 Å². The van der Waals surface area contributed by atoms with Crippen LogP contribution in [0.3, 0.4) is 0 Å². The van der Waals surface area contributed by atoms with Crippen molar-refractivity contribution >= 4 is 34.7 Å². The van der Waals surface area contributed by atoms with E-state index in [1.807, 2.05) is 41.1 Å². The molecule has 146 valence electrons. The predicted octanol–water partition coefficient (Wildman–Crippen LogP) is 3.76. The number of aromatic nitrogens is 1. The second-order valence-corrected chi connectivity index (χ2v) is 7.95. The van der Waals surface area contributed by atoms with E-state index in [-0.39, 0.29) is 5.91 Å². The van der Waals surface area contributed by atoms with Gasteiger partial charge in [0.05, 0.1) is 24.2 Å². The molecule has 6 nitrogen and oxygen atoms in total. The molecule has 0 aliphatic rings. The average molecular weight is 416 g/mol. The lowest BCUT2D eigenvalue weighted by molar-refractivity contribution is -0.123. The summed E-state index contributed by atoms with van der Waals surface area (Å²) >= 11 is 3.21. The zero-order valence-electron chi connectivity index (χ0n) is 15.6. The van der Waals surface area contributed by atoms with Crippen LogP contribution in [0.5, 0.6) is 0 Å². The van der Waals surface area contributed by atoms with Crippen molar-refractivity contribution in [2.24, 2.45) is 0 Å². The standard InChI is InChI=1S/C20H21N3O3S2/c1-13-8-9-27-17(13)19-22-15(12-28-19)11-21-18(24)16(23-20(25)26-2)10-14-6-4-3-5-7-14/h3-9,12,16H,10-11H2,1-2H3,(H,21,24)(H,23,25)/t16-/m0/s1. The van der Waals surface area contributed by atoms with Crippen molar-refractivity contribution in [3.63, 3.8) is 0 Å². The van der Waals surface area contributed by atoms with E-state index in [4.69, 9.17) is 0 Å². The van der Waals surface area contributed by atoms with Crippen LogP contribution in [-0.4, -0.2) is 30.1 Å². The number of hydrogen-bond acceptors (Lipinski definition) is 6. The van der Waals surface area contributed by atoms with Crippen LogP contribution in [0, 0.1) is 6.92 Å². The van der Waals surface area contributed by atoms with Gasteiger partial charge in [-0.25, -0.2) is 9.78 Å². The zero-order chi connectivity index (χ0) is 19.9. The maximum absolute atomic E-state index is 12.7. The van der Waals surface area contributed by atoms with Crippen LogP contribution in [-0.2, 0) is 22.5 Å². The highest BCUT2D eigenvalue weighted by molar-refractivity contribution is 7.20. The normalized spacial score (nSPS) is 11.6. The highest BCUT2D eigenvalue weighted by Crippen LogP contribution is 2.31. The predicted molar refractivity (Wildman–Crippen MR) is 111 cm³/mol. The number of ether oxygens (including phenoxy) is 1. The van der Waals surface area contributed by atoms with Gasteiger partial charge in [0, 0.05) is 11.8 Å². The molecule has 0 saturated heterocycles. The van der Waals surface area contributed by atoms with E-state index in [0.29, 0.717) is 13.0 Å². The molecule has 28 heavy (non-hydrogen) atoms. The second-order valence-electron chi connectivity index (χ2n) is 6.17. The molecule has 0 spiro atoms. The Labute approximate surface area is 171 Å². The number of thiazole rings is 1. The third kappa shape index (κ3) is 5.17. The van der Waals surface area contributed by atoms with E-state index in [9.17, 15) is 9.59 Å². The molecule has 0 aliphatic heterocycles. The fourth-order valence-corrected chi connectivity index (χ4v) is 4.56. The van der Waals surface area contributed by atoms with E-state index in [1.54, 1.807) is 22.7 Å². The van der Waals surface area contributed by atoms with Gasteiger partial charge in [0.25, 0.3) is 0 Å². The van der Waals surface area contributed by atoms with Crippen LogP contribution in [0.4, 0.5) is 4.79 Å². The number of aryl methyl sites for hydroxylation is 1. The average Bonchev–Trinajstić information content (AvgIpc) is 3.34. The first-order valence-electron chi connectivity index (χ1n) is 8.72. The molecule has 1 aromatic carbocycles. The van der Waals surface area contributed by atoms with Crippen LogP contribution in [0.1, 0.15) is 16.8 Å². The van der Waals surface area contributed by atoms with Crippen molar-refractivity contribution in [2.45, 2.75) is 25.9 Å². The van der Waals surface area contributed by atoms with Crippen LogP contribution < -0.4 is 10.6 Å². The smallest absolute Gasteiger partial charge is 0.407 e. The van der Waals surface area contributed by atoms with Gasteiger partial charge in [-0.2, -0.15) is 0 Å². The lowest BCUT2D eigenvalue weighted by Gasteiger charge is -2.17. The highest BCUT2D eigenvalue weighted by atomic mass is 32.1. The summed E-state index contributed by atoms with van der Waals surface area (Å²) in [5, 5.41) is 10.4. The molecule has 0 aliphatic carbocycles. The molecule has 2 amide bonds. The monoisotopic (exact) mass is 415 g/mol. The number of nitrogens with one attached hydrogen (secondary N) is 2. The van der Waals surface area contributed by atoms with Gasteiger partial charge < -0.3 is 15.4 Å². The summed E-state index contributed by atoms with van der Waals surface area (Å²) in [6, 6.07) is 10.9. The summed E-state index contributed by atoms with van der Waals surface area (Å²) in [4.78, 5) is 30.1. The zero-order valence-corrected chi connectivity index (χ0v) is 17.2. The van der Waals surface area contributed by atoms with E-state index in [2.05, 4.69) is 33.3 Å². The molecular formula is C20H21N3O3S2. The fraction of sp³-hybridized carbons (Fsp3) is 0.250. The number of carbonyl (C=O) groups excluding carboxylic acids is 2. The third-order valence-corrected chi connectivity index (χ3v) is 6.19. The van der Waals surface area contributed by atoms with Crippen molar-refractivity contribution in [1.82, 2.24) is 15.6 Å². The number of alkyl carbamates (subject to hydrolysis) is 1. The molecule has 1 atom stereocenters. The fourth-order valence-electron chi connectivity index (χ4n) is 2.65. The summed E-state index contributed by atoms with van der Waals surface area (Å²) in [5.74, 6) is -0.281. The molecule has 3 rings (SSSR count). The molecule has 3 aromatic rings. The molecule has 0 bridgehead atoms. The number of thiophene rings is 1. The van der Waals surface area contributed by atoms with E-state index in [1.165, 1.54) is 12.7 Å². The molecule has 0 saturated carbocycles. The summed E-state index contributed by atoms with van der Waals surface area (Å²) in [6.45, 7) is 2.36. The number of benzene rings is 1. The van der Waals surface area contributed by atoms with Gasteiger partial charge in [-0.05, 0) is 29.5 Å². The second kappa shape index (κ2) is 9.48. The summed E-state index contributed by atoms with van der Waals surface area (Å²) < 4.78 is 4.65. The Morgan fingerprint density at radius 2 is 1.96 bits per heavy atom. The lowest BCUT2D eigenvalue weighted by Crippen LogP contribution is -2.47. The number of hydrogen-bond donors (Lipinski definition) is 2. The van der Waals surface area contributed by atoms with Gasteiger partial charge in [0.1, 0.15) is 11.0 Å². The summed E-state index contributed by atoms with van der Waals surface area (Å²) in [5.41, 5.74) is 2.93. The Hall–Kier alpha value is -2.71. The Balaban J connectivity index is 1.64. The third-order valence-electron chi connectivity index (χ3n) is 4.13. The molecule has 8 heteroatoms. The molecule has 2 N–H and O–H groups in total. The topological polar surface area (TPSA) is 80.3 Å². The Morgan fingerprint density at radius 1 is 1.18 bits per heavy atom. The molecule has 2 heterocycles. The Bertz CT molecular complexity index is 937. The number of amides is 2. The number of methoxy groups -OCH3 is 1. The van der Waals surface area contributed by atoms with Crippen LogP contribution in [0.2, 0.25) is 0 Å². The van der Waals surface area contributed by atoms with E-state index in [0.717, 1.165) is 21.1 Å². The Kier molecular flexibility index (Phi) is 6.78. The van der Waals surface area contributed by atoms with E-state index >= 15 is 0 Å². The van der Waals surface area contributed by atoms with Crippen molar-refractivity contribution < 1.29 is 14.3 Å². The first-order valence-corrected chi connectivity index (χ1v) is 10.5. The lowest BCUT2D eigenvalue weighted by atomic mass is 10.1. The van der Waals surface area contributed by atoms with Crippen LogP contribution >= 0.6 is 22.7 Å². The van der Waals surface area contributed by atoms with Gasteiger partial charge in [-0.3, -0.25) is 4.79 Å². The number of nitrogens with zero attached hydrogens (tertiary/aromatic N) is 1. The Morgan fingerprint density at radius 3 is 2.64 bits per heavy atom. The number of rotatable bonds is 7. The first kappa shape index (κ1) is 20.0. The molecule has 0 unspecified atom stereocenters. The van der Waals surface area contributed by atoms with Gasteiger partial charge >= 0.3 is 6.09 Å². The quantitative estimate of drug-likeness (QED) is 0.616. The molecule has 2 aromatic heterocycles. The van der Waals surface area contributed by atoms with E-state index < -0.39 is 12.1 Å².